The first-order chi connectivity index (χ1) is 8.79. The number of rotatable bonds is 5. The van der Waals surface area contributed by atoms with Gasteiger partial charge in [-0.15, -0.1) is 0 Å². The van der Waals surface area contributed by atoms with E-state index in [1.807, 2.05) is 49.4 Å². The highest BCUT2D eigenvalue weighted by atomic mass is 32.2. The van der Waals surface area contributed by atoms with Crippen LogP contribution < -0.4 is 4.31 Å². The standard InChI is InChI=1S/C15H15NOS/c1-13-7-9-15(10-8-13)16(12-17)18-11-14-5-3-2-4-6-14/h2-10,12H,11H2,1H3. The zero-order valence-corrected chi connectivity index (χ0v) is 11.1. The van der Waals surface area contributed by atoms with Crippen molar-refractivity contribution in [3.05, 3.63) is 65.7 Å². The Kier molecular flexibility index (Phi) is 4.42. The van der Waals surface area contributed by atoms with Gasteiger partial charge in [-0.05, 0) is 36.6 Å². The van der Waals surface area contributed by atoms with Gasteiger partial charge in [0.1, 0.15) is 0 Å². The Morgan fingerprint density at radius 3 is 2.33 bits per heavy atom. The lowest BCUT2D eigenvalue weighted by Crippen LogP contribution is -2.11. The molecule has 0 spiro atoms. The molecule has 92 valence electrons. The molecule has 2 aromatic rings. The quantitative estimate of drug-likeness (QED) is 0.599. The summed E-state index contributed by atoms with van der Waals surface area (Å²) in [7, 11) is 0. The highest BCUT2D eigenvalue weighted by Crippen LogP contribution is 2.23. The van der Waals surface area contributed by atoms with Crippen LogP contribution in [0.1, 0.15) is 11.1 Å². The molecule has 0 aliphatic rings. The van der Waals surface area contributed by atoms with E-state index in [0.717, 1.165) is 17.9 Å². The van der Waals surface area contributed by atoms with Crippen LogP contribution in [0.25, 0.3) is 0 Å². The SMILES string of the molecule is Cc1ccc(N(C=O)SCc2ccccc2)cc1. The molecular formula is C15H15NOS. The van der Waals surface area contributed by atoms with Crippen LogP contribution in [0.3, 0.4) is 0 Å². The van der Waals surface area contributed by atoms with Gasteiger partial charge in [-0.25, -0.2) is 0 Å². The highest BCUT2D eigenvalue weighted by Gasteiger charge is 2.05. The van der Waals surface area contributed by atoms with Crippen LogP contribution in [0.15, 0.2) is 54.6 Å². The summed E-state index contributed by atoms with van der Waals surface area (Å²) in [5.74, 6) is 0.785. The predicted molar refractivity (Wildman–Crippen MR) is 77.5 cm³/mol. The van der Waals surface area contributed by atoms with Crippen LogP contribution >= 0.6 is 11.9 Å². The fourth-order valence-electron chi connectivity index (χ4n) is 1.58. The topological polar surface area (TPSA) is 20.3 Å². The van der Waals surface area contributed by atoms with Gasteiger partial charge in [0.15, 0.2) is 0 Å². The second-order valence-corrected chi connectivity index (χ2v) is 4.97. The van der Waals surface area contributed by atoms with E-state index in [-0.39, 0.29) is 0 Å². The van der Waals surface area contributed by atoms with Crippen molar-refractivity contribution in [1.29, 1.82) is 0 Å². The zero-order valence-electron chi connectivity index (χ0n) is 10.2. The monoisotopic (exact) mass is 257 g/mol. The van der Waals surface area contributed by atoms with E-state index in [4.69, 9.17) is 0 Å². The second kappa shape index (κ2) is 6.26. The van der Waals surface area contributed by atoms with Gasteiger partial charge in [0.05, 0.1) is 5.69 Å². The van der Waals surface area contributed by atoms with Gasteiger partial charge in [-0.1, -0.05) is 48.0 Å². The molecule has 0 aliphatic heterocycles. The lowest BCUT2D eigenvalue weighted by atomic mass is 10.2. The Balaban J connectivity index is 2.02. The molecule has 0 saturated carbocycles. The fourth-order valence-corrected chi connectivity index (χ4v) is 2.39. The highest BCUT2D eigenvalue weighted by molar-refractivity contribution is 8.00. The first-order valence-corrected chi connectivity index (χ1v) is 6.72. The van der Waals surface area contributed by atoms with Crippen molar-refractivity contribution in [3.63, 3.8) is 0 Å². The molecule has 0 fully saturated rings. The molecule has 0 radical (unpaired) electrons. The summed E-state index contributed by atoms with van der Waals surface area (Å²) < 4.78 is 1.66. The maximum Gasteiger partial charge on any atom is 0.224 e. The van der Waals surface area contributed by atoms with Gasteiger partial charge in [0, 0.05) is 5.75 Å². The molecule has 2 rings (SSSR count). The molecule has 0 bridgehead atoms. The summed E-state index contributed by atoms with van der Waals surface area (Å²) in [4.78, 5) is 11.1. The van der Waals surface area contributed by atoms with E-state index in [0.29, 0.717) is 0 Å². The third-order valence-corrected chi connectivity index (χ3v) is 3.63. The third kappa shape index (κ3) is 3.37. The lowest BCUT2D eigenvalue weighted by molar-refractivity contribution is -0.106. The number of hydrogen-bond donors (Lipinski definition) is 0. The second-order valence-electron chi connectivity index (χ2n) is 4.03. The molecule has 1 amide bonds. The summed E-state index contributed by atoms with van der Waals surface area (Å²) in [6, 6.07) is 18.1. The van der Waals surface area contributed by atoms with Gasteiger partial charge in [-0.2, -0.15) is 0 Å². The van der Waals surface area contributed by atoms with Crippen molar-refractivity contribution in [3.8, 4) is 0 Å². The molecule has 18 heavy (non-hydrogen) atoms. The first kappa shape index (κ1) is 12.7. The fraction of sp³-hybridized carbons (Fsp3) is 0.133. The first-order valence-electron chi connectivity index (χ1n) is 5.77. The van der Waals surface area contributed by atoms with Crippen LogP contribution in [0.4, 0.5) is 5.69 Å². The Labute approximate surface area is 112 Å². The summed E-state index contributed by atoms with van der Waals surface area (Å²) in [6.07, 6.45) is 0.859. The van der Waals surface area contributed by atoms with Crippen molar-refractivity contribution in [1.82, 2.24) is 0 Å². The Bertz CT molecular complexity index is 496. The van der Waals surface area contributed by atoms with Gasteiger partial charge in [0.25, 0.3) is 0 Å². The molecule has 0 aromatic heterocycles. The number of nitrogens with zero attached hydrogens (tertiary/aromatic N) is 1. The molecule has 0 atom stereocenters. The molecular weight excluding hydrogens is 242 g/mol. The molecule has 0 heterocycles. The number of carbonyl (C=O) groups excluding carboxylic acids is 1. The number of hydrogen-bond acceptors (Lipinski definition) is 2. The molecule has 3 heteroatoms. The number of carbonyl (C=O) groups is 1. The molecule has 0 N–H and O–H groups in total. The third-order valence-electron chi connectivity index (χ3n) is 2.60. The molecule has 0 saturated heterocycles. The Morgan fingerprint density at radius 1 is 1.06 bits per heavy atom. The van der Waals surface area contributed by atoms with Gasteiger partial charge >= 0.3 is 0 Å². The maximum absolute atomic E-state index is 11.1. The molecule has 0 aliphatic carbocycles. The minimum Gasteiger partial charge on any atom is -0.277 e. The number of aryl methyl sites for hydroxylation is 1. The van der Waals surface area contributed by atoms with Crippen molar-refractivity contribution < 1.29 is 4.79 Å². The molecule has 2 nitrogen and oxygen atoms in total. The van der Waals surface area contributed by atoms with Gasteiger partial charge in [-0.3, -0.25) is 9.10 Å². The van der Waals surface area contributed by atoms with E-state index in [9.17, 15) is 4.79 Å². The number of benzene rings is 2. The van der Waals surface area contributed by atoms with Crippen molar-refractivity contribution in [2.75, 3.05) is 4.31 Å². The smallest absolute Gasteiger partial charge is 0.224 e. The molecule has 2 aromatic carbocycles. The van der Waals surface area contributed by atoms with E-state index in [1.165, 1.54) is 23.1 Å². The van der Waals surface area contributed by atoms with E-state index in [2.05, 4.69) is 12.1 Å². The maximum atomic E-state index is 11.1. The summed E-state index contributed by atoms with van der Waals surface area (Å²) in [5, 5.41) is 0. The van der Waals surface area contributed by atoms with Crippen LogP contribution in [0, 0.1) is 6.92 Å². The average Bonchev–Trinajstić information content (AvgIpc) is 2.42. The van der Waals surface area contributed by atoms with Gasteiger partial charge in [0.2, 0.25) is 6.41 Å². The van der Waals surface area contributed by atoms with E-state index >= 15 is 0 Å². The van der Waals surface area contributed by atoms with Crippen molar-refractivity contribution >= 4 is 24.0 Å². The lowest BCUT2D eigenvalue weighted by Gasteiger charge is -2.16. The van der Waals surface area contributed by atoms with Gasteiger partial charge < -0.3 is 0 Å². The van der Waals surface area contributed by atoms with Crippen LogP contribution in [-0.2, 0) is 10.5 Å². The number of anilines is 1. The predicted octanol–water partition coefficient (Wildman–Crippen LogP) is 3.81. The largest absolute Gasteiger partial charge is 0.277 e. The average molecular weight is 257 g/mol. The summed E-state index contributed by atoms with van der Waals surface area (Å²) in [5.41, 5.74) is 3.32. The number of amides is 1. The van der Waals surface area contributed by atoms with E-state index < -0.39 is 0 Å². The van der Waals surface area contributed by atoms with E-state index in [1.54, 1.807) is 4.31 Å². The van der Waals surface area contributed by atoms with Crippen molar-refractivity contribution in [2.45, 2.75) is 12.7 Å². The summed E-state index contributed by atoms with van der Waals surface area (Å²) >= 11 is 1.50. The Hall–Kier alpha value is -1.74. The normalized spacial score (nSPS) is 10.1. The van der Waals surface area contributed by atoms with Crippen LogP contribution in [0.2, 0.25) is 0 Å². The summed E-state index contributed by atoms with van der Waals surface area (Å²) in [6.45, 7) is 2.03. The van der Waals surface area contributed by atoms with Crippen LogP contribution in [-0.4, -0.2) is 6.41 Å². The minimum absolute atomic E-state index is 0.785. The zero-order chi connectivity index (χ0) is 12.8. The van der Waals surface area contributed by atoms with Crippen molar-refractivity contribution in [2.24, 2.45) is 0 Å². The molecule has 0 unspecified atom stereocenters. The minimum atomic E-state index is 0.785. The Morgan fingerprint density at radius 2 is 1.72 bits per heavy atom. The van der Waals surface area contributed by atoms with Crippen LogP contribution in [0.5, 0.6) is 0 Å².